The van der Waals surface area contributed by atoms with Crippen molar-refractivity contribution in [2.45, 2.75) is 38.8 Å². The summed E-state index contributed by atoms with van der Waals surface area (Å²) < 4.78 is 5.56. The average molecular weight is 327 g/mol. The fourth-order valence-electron chi connectivity index (χ4n) is 3.37. The first-order valence-corrected chi connectivity index (χ1v) is 8.64. The highest BCUT2D eigenvalue weighted by molar-refractivity contribution is 5.37. The Morgan fingerprint density at radius 3 is 3.00 bits per heavy atom. The summed E-state index contributed by atoms with van der Waals surface area (Å²) in [5, 5.41) is 9.56. The number of likely N-dealkylation sites (tertiary alicyclic amines) is 1. The molecule has 3 rings (SSSR count). The molecule has 1 saturated heterocycles. The molecular weight excluding hydrogens is 302 g/mol. The van der Waals surface area contributed by atoms with Crippen LogP contribution < -0.4 is 4.74 Å². The van der Waals surface area contributed by atoms with Crippen LogP contribution in [0.4, 0.5) is 0 Å². The lowest BCUT2D eigenvalue weighted by Gasteiger charge is -2.32. The topological polar surface area (TPSA) is 58.5 Å². The van der Waals surface area contributed by atoms with Gasteiger partial charge < -0.3 is 9.84 Å². The summed E-state index contributed by atoms with van der Waals surface area (Å²) in [5.41, 5.74) is 3.16. The SMILES string of the molecule is CCOc1ccc(CN2CCC[C@H](c3cnccn3)C2)cc1CO. The maximum Gasteiger partial charge on any atom is 0.124 e. The minimum Gasteiger partial charge on any atom is -0.494 e. The average Bonchev–Trinajstić information content (AvgIpc) is 2.64. The Morgan fingerprint density at radius 1 is 1.33 bits per heavy atom. The molecule has 1 aromatic carbocycles. The van der Waals surface area contributed by atoms with Gasteiger partial charge in [-0.2, -0.15) is 0 Å². The molecule has 0 aliphatic carbocycles. The van der Waals surface area contributed by atoms with Crippen molar-refractivity contribution in [1.29, 1.82) is 0 Å². The van der Waals surface area contributed by atoms with E-state index in [-0.39, 0.29) is 6.61 Å². The molecular formula is C19H25N3O2. The first kappa shape index (κ1) is 16.9. The molecule has 5 nitrogen and oxygen atoms in total. The number of aliphatic hydroxyl groups is 1. The van der Waals surface area contributed by atoms with Gasteiger partial charge in [-0.3, -0.25) is 14.9 Å². The van der Waals surface area contributed by atoms with E-state index in [9.17, 15) is 5.11 Å². The van der Waals surface area contributed by atoms with Crippen LogP contribution in [0.25, 0.3) is 0 Å². The van der Waals surface area contributed by atoms with Crippen LogP contribution in [0.3, 0.4) is 0 Å². The molecule has 128 valence electrons. The Balaban J connectivity index is 1.67. The number of hydrogen-bond donors (Lipinski definition) is 1. The number of aliphatic hydroxyl groups excluding tert-OH is 1. The predicted octanol–water partition coefficient (Wildman–Crippen LogP) is 2.75. The van der Waals surface area contributed by atoms with E-state index in [0.717, 1.165) is 36.6 Å². The molecule has 0 spiro atoms. The minimum absolute atomic E-state index is 0.00536. The van der Waals surface area contributed by atoms with Crippen LogP contribution in [0.1, 0.15) is 42.5 Å². The van der Waals surface area contributed by atoms with Crippen LogP contribution in [0.2, 0.25) is 0 Å². The van der Waals surface area contributed by atoms with Crippen molar-refractivity contribution in [1.82, 2.24) is 14.9 Å². The van der Waals surface area contributed by atoms with Crippen LogP contribution in [-0.2, 0) is 13.2 Å². The van der Waals surface area contributed by atoms with Crippen molar-refractivity contribution < 1.29 is 9.84 Å². The van der Waals surface area contributed by atoms with Gasteiger partial charge in [-0.05, 0) is 44.0 Å². The van der Waals surface area contributed by atoms with Crippen molar-refractivity contribution in [2.75, 3.05) is 19.7 Å². The Kier molecular flexibility index (Phi) is 5.77. The second-order valence-corrected chi connectivity index (χ2v) is 6.24. The Labute approximate surface area is 143 Å². The monoisotopic (exact) mass is 327 g/mol. The second kappa shape index (κ2) is 8.22. The van der Waals surface area contributed by atoms with Crippen LogP contribution in [-0.4, -0.2) is 39.7 Å². The standard InChI is InChI=1S/C19H25N3O2/c1-2-24-19-6-5-15(10-17(19)14-23)12-22-9-3-4-16(13-22)18-11-20-7-8-21-18/h5-8,10-11,16,23H,2-4,9,12-14H2,1H3/t16-/m0/s1. The Hall–Kier alpha value is -1.98. The number of nitrogens with zero attached hydrogens (tertiary/aromatic N) is 3. The van der Waals surface area contributed by atoms with Crippen LogP contribution in [0, 0.1) is 0 Å². The van der Waals surface area contributed by atoms with E-state index in [1.165, 1.54) is 18.4 Å². The molecule has 1 aromatic heterocycles. The number of benzene rings is 1. The lowest BCUT2D eigenvalue weighted by Crippen LogP contribution is -2.34. The molecule has 0 radical (unpaired) electrons. The van der Waals surface area contributed by atoms with Crippen molar-refractivity contribution in [3.05, 3.63) is 53.6 Å². The van der Waals surface area contributed by atoms with E-state index in [1.54, 1.807) is 12.4 Å². The Bertz CT molecular complexity index is 648. The molecule has 1 aliphatic rings. The number of aromatic nitrogens is 2. The van der Waals surface area contributed by atoms with Crippen LogP contribution in [0.15, 0.2) is 36.8 Å². The summed E-state index contributed by atoms with van der Waals surface area (Å²) in [6.07, 6.45) is 7.72. The lowest BCUT2D eigenvalue weighted by molar-refractivity contribution is 0.198. The molecule has 2 aromatic rings. The number of ether oxygens (including phenoxy) is 1. The minimum atomic E-state index is 0.00536. The van der Waals surface area contributed by atoms with Crippen LogP contribution >= 0.6 is 0 Å². The first-order chi connectivity index (χ1) is 11.8. The first-order valence-electron chi connectivity index (χ1n) is 8.64. The van der Waals surface area contributed by atoms with Gasteiger partial charge in [-0.25, -0.2) is 0 Å². The summed E-state index contributed by atoms with van der Waals surface area (Å²) in [7, 11) is 0. The maximum atomic E-state index is 9.56. The molecule has 0 bridgehead atoms. The number of rotatable bonds is 6. The van der Waals surface area contributed by atoms with Crippen molar-refractivity contribution in [3.8, 4) is 5.75 Å². The summed E-state index contributed by atoms with van der Waals surface area (Å²) >= 11 is 0. The smallest absolute Gasteiger partial charge is 0.124 e. The molecule has 1 N–H and O–H groups in total. The number of hydrogen-bond acceptors (Lipinski definition) is 5. The number of piperidine rings is 1. The summed E-state index contributed by atoms with van der Waals surface area (Å²) in [5.74, 6) is 1.23. The normalized spacial score (nSPS) is 18.5. The highest BCUT2D eigenvalue weighted by atomic mass is 16.5. The molecule has 0 saturated carbocycles. The quantitative estimate of drug-likeness (QED) is 0.884. The van der Waals surface area contributed by atoms with Crippen LogP contribution in [0.5, 0.6) is 5.75 Å². The van der Waals surface area contributed by atoms with Gasteiger partial charge >= 0.3 is 0 Å². The molecule has 2 heterocycles. The van der Waals surface area contributed by atoms with E-state index in [1.807, 2.05) is 19.2 Å². The molecule has 1 atom stereocenters. The maximum absolute atomic E-state index is 9.56. The molecule has 0 amide bonds. The van der Waals surface area contributed by atoms with Crippen molar-refractivity contribution >= 4 is 0 Å². The third-order valence-electron chi connectivity index (χ3n) is 4.51. The highest BCUT2D eigenvalue weighted by Crippen LogP contribution is 2.27. The van der Waals surface area contributed by atoms with E-state index in [0.29, 0.717) is 12.5 Å². The molecule has 1 fully saturated rings. The van der Waals surface area contributed by atoms with E-state index < -0.39 is 0 Å². The van der Waals surface area contributed by atoms with Gasteiger partial charge in [0, 0.05) is 43.2 Å². The zero-order chi connectivity index (χ0) is 16.8. The Morgan fingerprint density at radius 2 is 2.25 bits per heavy atom. The van der Waals surface area contributed by atoms with E-state index >= 15 is 0 Å². The summed E-state index contributed by atoms with van der Waals surface area (Å²) in [6.45, 7) is 5.55. The highest BCUT2D eigenvalue weighted by Gasteiger charge is 2.22. The fraction of sp³-hybridized carbons (Fsp3) is 0.474. The van der Waals surface area contributed by atoms with Gasteiger partial charge in [0.05, 0.1) is 18.9 Å². The van der Waals surface area contributed by atoms with Gasteiger partial charge in [-0.1, -0.05) is 6.07 Å². The van der Waals surface area contributed by atoms with Crippen molar-refractivity contribution in [2.24, 2.45) is 0 Å². The molecule has 1 aliphatic heterocycles. The summed E-state index contributed by atoms with van der Waals surface area (Å²) in [6, 6.07) is 6.11. The largest absolute Gasteiger partial charge is 0.494 e. The molecule has 5 heteroatoms. The zero-order valence-electron chi connectivity index (χ0n) is 14.2. The fourth-order valence-corrected chi connectivity index (χ4v) is 3.37. The molecule has 0 unspecified atom stereocenters. The van der Waals surface area contributed by atoms with Gasteiger partial charge in [0.1, 0.15) is 5.75 Å². The molecule has 24 heavy (non-hydrogen) atoms. The third kappa shape index (κ3) is 4.10. The summed E-state index contributed by atoms with van der Waals surface area (Å²) in [4.78, 5) is 11.1. The second-order valence-electron chi connectivity index (χ2n) is 6.24. The van der Waals surface area contributed by atoms with Gasteiger partial charge in [0.25, 0.3) is 0 Å². The van der Waals surface area contributed by atoms with E-state index in [4.69, 9.17) is 4.74 Å². The van der Waals surface area contributed by atoms with Crippen molar-refractivity contribution in [3.63, 3.8) is 0 Å². The lowest BCUT2D eigenvalue weighted by atomic mass is 9.94. The third-order valence-corrected chi connectivity index (χ3v) is 4.51. The van der Waals surface area contributed by atoms with Gasteiger partial charge in [0.2, 0.25) is 0 Å². The van der Waals surface area contributed by atoms with E-state index in [2.05, 4.69) is 27.0 Å². The van der Waals surface area contributed by atoms with Gasteiger partial charge in [-0.15, -0.1) is 0 Å². The van der Waals surface area contributed by atoms with Gasteiger partial charge in [0.15, 0.2) is 0 Å². The zero-order valence-corrected chi connectivity index (χ0v) is 14.2. The predicted molar refractivity (Wildman–Crippen MR) is 92.8 cm³/mol.